The van der Waals surface area contributed by atoms with E-state index in [1.807, 2.05) is 6.07 Å². The van der Waals surface area contributed by atoms with E-state index >= 15 is 0 Å². The van der Waals surface area contributed by atoms with Gasteiger partial charge in [-0.05, 0) is 69.9 Å². The molecule has 0 radical (unpaired) electrons. The van der Waals surface area contributed by atoms with Gasteiger partial charge in [-0.25, -0.2) is 0 Å². The average Bonchev–Trinajstić information content (AvgIpc) is 2.56. The molecule has 8 unspecified atom stereocenters. The van der Waals surface area contributed by atoms with Crippen molar-refractivity contribution in [3.63, 3.8) is 0 Å². The summed E-state index contributed by atoms with van der Waals surface area (Å²) in [6.45, 7) is 0. The molecule has 8 atom stereocenters. The number of benzene rings is 2. The summed E-state index contributed by atoms with van der Waals surface area (Å²) in [5, 5.41) is 19.4. The van der Waals surface area contributed by atoms with E-state index < -0.39 is 0 Å². The summed E-state index contributed by atoms with van der Waals surface area (Å²) >= 11 is 0. The van der Waals surface area contributed by atoms with E-state index in [9.17, 15) is 10.5 Å². The van der Waals surface area contributed by atoms with Crippen LogP contribution in [0.25, 0.3) is 0 Å². The van der Waals surface area contributed by atoms with Crippen LogP contribution in [0.1, 0.15) is 51.5 Å². The molecule has 0 amide bonds. The first-order chi connectivity index (χ1) is 11.8. The topological polar surface area (TPSA) is 47.6 Å². The fraction of sp³-hybridized carbons (Fsp3) is 0.364. The molecule has 0 N–H and O–H groups in total. The van der Waals surface area contributed by atoms with Gasteiger partial charge in [-0.15, -0.1) is 0 Å². The van der Waals surface area contributed by atoms with E-state index in [-0.39, 0.29) is 5.41 Å². The molecule has 2 aromatic carbocycles. The summed E-state index contributed by atoms with van der Waals surface area (Å²) in [5.41, 5.74) is 6.46. The number of nitrogens with zero attached hydrogens (tertiary/aromatic N) is 2. The fourth-order valence-electron chi connectivity index (χ4n) is 7.77. The van der Waals surface area contributed by atoms with Gasteiger partial charge in [0.25, 0.3) is 0 Å². The minimum Gasteiger partial charge on any atom is -0.198 e. The van der Waals surface area contributed by atoms with Crippen molar-refractivity contribution >= 4 is 0 Å². The van der Waals surface area contributed by atoms with Crippen molar-refractivity contribution in [2.45, 2.75) is 23.7 Å². The first kappa shape index (κ1) is 11.9. The van der Waals surface area contributed by atoms with E-state index in [0.29, 0.717) is 41.4 Å². The minimum atomic E-state index is -0.106. The normalized spacial score (nSPS) is 46.0. The maximum absolute atomic E-state index is 10.1. The largest absolute Gasteiger partial charge is 0.198 e. The van der Waals surface area contributed by atoms with Gasteiger partial charge in [-0.3, -0.25) is 0 Å². The van der Waals surface area contributed by atoms with Crippen molar-refractivity contribution in [3.05, 3.63) is 70.3 Å². The van der Waals surface area contributed by atoms with Gasteiger partial charge in [0.05, 0.1) is 23.1 Å². The second-order valence-electron chi connectivity index (χ2n) is 8.31. The van der Waals surface area contributed by atoms with Crippen LogP contribution in [0.15, 0.2) is 42.5 Å². The lowest BCUT2D eigenvalue weighted by molar-refractivity contribution is -0.291. The quantitative estimate of drug-likeness (QED) is 0.738. The molecule has 24 heavy (non-hydrogen) atoms. The van der Waals surface area contributed by atoms with E-state index in [4.69, 9.17) is 0 Å². The zero-order chi connectivity index (χ0) is 15.8. The molecule has 5 aliphatic rings. The summed E-state index contributed by atoms with van der Waals surface area (Å²) in [4.78, 5) is 0. The third kappa shape index (κ3) is 0.843. The van der Waals surface area contributed by atoms with Gasteiger partial charge in [0, 0.05) is 5.92 Å². The van der Waals surface area contributed by atoms with Crippen molar-refractivity contribution in [2.24, 2.45) is 23.2 Å². The Bertz CT molecular complexity index is 1050. The first-order valence-corrected chi connectivity index (χ1v) is 8.87. The van der Waals surface area contributed by atoms with Crippen LogP contribution in [0, 0.1) is 45.8 Å². The van der Waals surface area contributed by atoms with Crippen LogP contribution in [0.4, 0.5) is 0 Å². The lowest BCUT2D eigenvalue weighted by atomic mass is 9.15. The molecule has 0 spiro atoms. The third-order valence-electron chi connectivity index (χ3n) is 8.20. The molecule has 7 rings (SSSR count). The second kappa shape index (κ2) is 3.28. The summed E-state index contributed by atoms with van der Waals surface area (Å²) in [5.74, 6) is 3.72. The molecule has 112 valence electrons. The Hall–Kier alpha value is -2.58. The number of rotatable bonds is 0. The maximum Gasteiger partial charge on any atom is 0.0991 e. The molecule has 3 fully saturated rings. The Balaban J connectivity index is 1.59. The van der Waals surface area contributed by atoms with Crippen molar-refractivity contribution in [2.75, 3.05) is 0 Å². The van der Waals surface area contributed by atoms with Gasteiger partial charge in [0.15, 0.2) is 0 Å². The molecule has 0 saturated heterocycles. The van der Waals surface area contributed by atoms with Gasteiger partial charge >= 0.3 is 0 Å². The van der Waals surface area contributed by atoms with E-state index in [2.05, 4.69) is 48.5 Å². The molecule has 2 nitrogen and oxygen atoms in total. The van der Waals surface area contributed by atoms with Crippen LogP contribution in [-0.2, 0) is 0 Å². The highest BCUT2D eigenvalue weighted by atomic mass is 14.9. The highest BCUT2D eigenvalue weighted by Gasteiger charge is 2.88. The minimum absolute atomic E-state index is 0.106. The first-order valence-electron chi connectivity index (χ1n) is 8.87. The smallest absolute Gasteiger partial charge is 0.0991 e. The molecule has 0 bridgehead atoms. The van der Waals surface area contributed by atoms with Crippen LogP contribution in [0.5, 0.6) is 0 Å². The Labute approximate surface area is 140 Å². The molecule has 2 heteroatoms. The Morgan fingerprint density at radius 1 is 0.792 bits per heavy atom. The molecule has 2 aromatic rings. The van der Waals surface area contributed by atoms with Crippen molar-refractivity contribution in [1.29, 1.82) is 10.5 Å². The number of fused-ring (bicyclic) bond motifs is 8. The number of hydrogen-bond acceptors (Lipinski definition) is 2. The Morgan fingerprint density at radius 2 is 1.54 bits per heavy atom. The van der Waals surface area contributed by atoms with Gasteiger partial charge in [0.1, 0.15) is 0 Å². The van der Waals surface area contributed by atoms with Crippen molar-refractivity contribution in [1.82, 2.24) is 0 Å². The van der Waals surface area contributed by atoms with Crippen molar-refractivity contribution < 1.29 is 0 Å². The summed E-state index contributed by atoms with van der Waals surface area (Å²) in [6.07, 6.45) is 0. The zero-order valence-corrected chi connectivity index (χ0v) is 13.0. The van der Waals surface area contributed by atoms with E-state index in [0.717, 1.165) is 5.56 Å². The number of nitriles is 2. The van der Waals surface area contributed by atoms with Crippen LogP contribution >= 0.6 is 0 Å². The van der Waals surface area contributed by atoms with Crippen LogP contribution in [0.2, 0.25) is 0 Å². The summed E-state index contributed by atoms with van der Waals surface area (Å²) in [6, 6.07) is 20.3. The molecule has 0 aromatic heterocycles. The van der Waals surface area contributed by atoms with Crippen LogP contribution < -0.4 is 0 Å². The monoisotopic (exact) mass is 306 g/mol. The molecular formula is C22H14N2. The highest BCUT2D eigenvalue weighted by Crippen LogP contribution is 2.93. The summed E-state index contributed by atoms with van der Waals surface area (Å²) < 4.78 is 0. The summed E-state index contributed by atoms with van der Waals surface area (Å²) in [7, 11) is 0. The molecule has 0 aliphatic heterocycles. The van der Waals surface area contributed by atoms with Crippen LogP contribution in [0.3, 0.4) is 0 Å². The van der Waals surface area contributed by atoms with Gasteiger partial charge in [-0.1, -0.05) is 30.3 Å². The van der Waals surface area contributed by atoms with E-state index in [1.165, 1.54) is 22.3 Å². The lowest BCUT2D eigenvalue weighted by Crippen LogP contribution is -2.81. The van der Waals surface area contributed by atoms with Gasteiger partial charge in [-0.2, -0.15) is 10.5 Å². The molecular weight excluding hydrogens is 292 g/mol. The fourth-order valence-corrected chi connectivity index (χ4v) is 7.77. The standard InChI is InChI=1S/C22H14N2/c23-8-10-5-6-13-14(7-10)16-15-11-3-1-2-4-12(11)17-19(13)22(9-24)20(16)18(15)21(17)22/h1-7,15-21H. The van der Waals surface area contributed by atoms with E-state index in [1.54, 1.807) is 0 Å². The van der Waals surface area contributed by atoms with Gasteiger partial charge in [0.2, 0.25) is 0 Å². The lowest BCUT2D eigenvalue weighted by Gasteiger charge is -2.86. The predicted molar refractivity (Wildman–Crippen MR) is 87.1 cm³/mol. The Kier molecular flexibility index (Phi) is 1.63. The predicted octanol–water partition coefficient (Wildman–Crippen LogP) is 4.02. The van der Waals surface area contributed by atoms with Gasteiger partial charge < -0.3 is 0 Å². The van der Waals surface area contributed by atoms with Crippen LogP contribution in [-0.4, -0.2) is 0 Å². The maximum atomic E-state index is 10.1. The highest BCUT2D eigenvalue weighted by molar-refractivity contribution is 5.65. The SMILES string of the molecule is N#Cc1ccc2c(c1)C1C3c4ccccc4C4C2C2(C#N)C1C3C42. The molecule has 5 aliphatic carbocycles. The second-order valence-corrected chi connectivity index (χ2v) is 8.31. The third-order valence-corrected chi connectivity index (χ3v) is 8.20. The molecule has 0 heterocycles. The number of hydrogen-bond donors (Lipinski definition) is 0. The average molecular weight is 306 g/mol. The Morgan fingerprint density at radius 3 is 2.29 bits per heavy atom. The molecule has 3 saturated carbocycles. The zero-order valence-electron chi connectivity index (χ0n) is 13.0. The van der Waals surface area contributed by atoms with Crippen molar-refractivity contribution in [3.8, 4) is 12.1 Å².